The number of hydrogen-bond acceptors (Lipinski definition) is 4. The summed E-state index contributed by atoms with van der Waals surface area (Å²) in [4.78, 5) is 6.41. The van der Waals surface area contributed by atoms with E-state index < -0.39 is 0 Å². The van der Waals surface area contributed by atoms with Gasteiger partial charge < -0.3 is 15.3 Å². The van der Waals surface area contributed by atoms with E-state index in [4.69, 9.17) is 5.11 Å². The molecule has 0 aromatic carbocycles. The van der Waals surface area contributed by atoms with Crippen LogP contribution in [0.1, 0.15) is 12.5 Å². The van der Waals surface area contributed by atoms with Crippen LogP contribution in [0.2, 0.25) is 0 Å². The van der Waals surface area contributed by atoms with E-state index in [1.54, 1.807) is 0 Å². The lowest BCUT2D eigenvalue weighted by molar-refractivity contribution is 0.302. The van der Waals surface area contributed by atoms with E-state index in [2.05, 4.69) is 23.3 Å². The van der Waals surface area contributed by atoms with Crippen molar-refractivity contribution in [3.05, 3.63) is 23.9 Å². The number of aromatic nitrogens is 1. The SMILES string of the molecule is CCN(CCO)c1ccc(CNC)cn1. The predicted molar refractivity (Wildman–Crippen MR) is 62.0 cm³/mol. The highest BCUT2D eigenvalue weighted by molar-refractivity contribution is 5.39. The van der Waals surface area contributed by atoms with E-state index in [0.29, 0.717) is 6.54 Å². The van der Waals surface area contributed by atoms with Crippen LogP contribution >= 0.6 is 0 Å². The minimum atomic E-state index is 0.161. The van der Waals surface area contributed by atoms with Crippen molar-refractivity contribution >= 4 is 5.82 Å². The lowest BCUT2D eigenvalue weighted by atomic mass is 10.3. The van der Waals surface area contributed by atoms with Crippen molar-refractivity contribution in [2.45, 2.75) is 13.5 Å². The van der Waals surface area contributed by atoms with Crippen molar-refractivity contribution in [3.8, 4) is 0 Å². The Hall–Kier alpha value is -1.13. The van der Waals surface area contributed by atoms with Crippen molar-refractivity contribution in [3.63, 3.8) is 0 Å². The monoisotopic (exact) mass is 209 g/mol. The summed E-state index contributed by atoms with van der Waals surface area (Å²) < 4.78 is 0. The van der Waals surface area contributed by atoms with E-state index in [1.165, 1.54) is 5.56 Å². The van der Waals surface area contributed by atoms with Gasteiger partial charge in [-0.3, -0.25) is 0 Å². The van der Waals surface area contributed by atoms with Crippen molar-refractivity contribution in [2.24, 2.45) is 0 Å². The molecule has 0 aliphatic heterocycles. The fourth-order valence-corrected chi connectivity index (χ4v) is 1.47. The van der Waals surface area contributed by atoms with E-state index in [0.717, 1.165) is 18.9 Å². The molecule has 1 rings (SSSR count). The quantitative estimate of drug-likeness (QED) is 0.721. The van der Waals surface area contributed by atoms with Crippen LogP contribution in [0.25, 0.3) is 0 Å². The smallest absolute Gasteiger partial charge is 0.128 e. The molecule has 0 atom stereocenters. The summed E-state index contributed by atoms with van der Waals surface area (Å²) >= 11 is 0. The number of pyridine rings is 1. The Morgan fingerprint density at radius 1 is 1.47 bits per heavy atom. The molecule has 0 unspecified atom stereocenters. The van der Waals surface area contributed by atoms with Crippen LogP contribution in [-0.4, -0.2) is 36.8 Å². The molecule has 0 bridgehead atoms. The van der Waals surface area contributed by atoms with Crippen LogP contribution in [0.15, 0.2) is 18.3 Å². The third-order valence-electron chi connectivity index (χ3n) is 2.27. The van der Waals surface area contributed by atoms with Crippen molar-refractivity contribution in [1.29, 1.82) is 0 Å². The fourth-order valence-electron chi connectivity index (χ4n) is 1.47. The molecule has 4 heteroatoms. The van der Waals surface area contributed by atoms with Crippen molar-refractivity contribution in [1.82, 2.24) is 10.3 Å². The van der Waals surface area contributed by atoms with Gasteiger partial charge in [-0.1, -0.05) is 6.07 Å². The van der Waals surface area contributed by atoms with Gasteiger partial charge in [-0.2, -0.15) is 0 Å². The zero-order valence-corrected chi connectivity index (χ0v) is 9.40. The van der Waals surface area contributed by atoms with Crippen LogP contribution in [0.4, 0.5) is 5.82 Å². The normalized spacial score (nSPS) is 10.3. The molecule has 0 aliphatic rings. The Labute approximate surface area is 90.9 Å². The lowest BCUT2D eigenvalue weighted by Crippen LogP contribution is -2.27. The molecule has 1 aromatic rings. The van der Waals surface area contributed by atoms with Gasteiger partial charge >= 0.3 is 0 Å². The molecule has 0 spiro atoms. The highest BCUT2D eigenvalue weighted by atomic mass is 16.3. The summed E-state index contributed by atoms with van der Waals surface area (Å²) in [5.41, 5.74) is 1.17. The second-order valence-electron chi connectivity index (χ2n) is 3.36. The molecule has 0 aliphatic carbocycles. The molecule has 2 N–H and O–H groups in total. The molecule has 4 nitrogen and oxygen atoms in total. The van der Waals surface area contributed by atoms with E-state index in [9.17, 15) is 0 Å². The Bertz CT molecular complexity index is 274. The number of rotatable bonds is 6. The average Bonchev–Trinajstić information content (AvgIpc) is 2.28. The molecular formula is C11H19N3O. The molecule has 1 heterocycles. The van der Waals surface area contributed by atoms with Gasteiger partial charge in [0.1, 0.15) is 5.82 Å². The van der Waals surface area contributed by atoms with E-state index in [1.807, 2.05) is 24.2 Å². The van der Waals surface area contributed by atoms with E-state index >= 15 is 0 Å². The summed E-state index contributed by atoms with van der Waals surface area (Å²) in [5.74, 6) is 0.923. The first kappa shape index (κ1) is 11.9. The number of aliphatic hydroxyl groups is 1. The maximum Gasteiger partial charge on any atom is 0.128 e. The molecular weight excluding hydrogens is 190 g/mol. The largest absolute Gasteiger partial charge is 0.395 e. The number of hydrogen-bond donors (Lipinski definition) is 2. The molecule has 0 amide bonds. The highest BCUT2D eigenvalue weighted by Gasteiger charge is 2.04. The molecule has 0 fully saturated rings. The summed E-state index contributed by atoms with van der Waals surface area (Å²) in [6.07, 6.45) is 1.87. The second kappa shape index (κ2) is 6.37. The number of likely N-dealkylation sites (N-methyl/N-ethyl adjacent to an activating group) is 1. The lowest BCUT2D eigenvalue weighted by Gasteiger charge is -2.20. The molecule has 0 saturated carbocycles. The Kier molecular flexibility index (Phi) is 5.07. The molecule has 1 aromatic heterocycles. The fraction of sp³-hybridized carbons (Fsp3) is 0.545. The second-order valence-corrected chi connectivity index (χ2v) is 3.36. The van der Waals surface area contributed by atoms with Crippen LogP contribution < -0.4 is 10.2 Å². The third kappa shape index (κ3) is 3.49. The van der Waals surface area contributed by atoms with Gasteiger partial charge in [-0.05, 0) is 25.6 Å². The van der Waals surface area contributed by atoms with Gasteiger partial charge in [-0.25, -0.2) is 4.98 Å². The van der Waals surface area contributed by atoms with Crippen LogP contribution in [0.5, 0.6) is 0 Å². The zero-order valence-electron chi connectivity index (χ0n) is 9.40. The first-order valence-corrected chi connectivity index (χ1v) is 5.27. The Morgan fingerprint density at radius 2 is 2.27 bits per heavy atom. The summed E-state index contributed by atoms with van der Waals surface area (Å²) in [6, 6.07) is 4.05. The summed E-state index contributed by atoms with van der Waals surface area (Å²) in [7, 11) is 1.91. The van der Waals surface area contributed by atoms with Gasteiger partial charge in [0.15, 0.2) is 0 Å². The summed E-state index contributed by atoms with van der Waals surface area (Å²) in [5, 5.41) is 12.0. The maximum absolute atomic E-state index is 8.89. The Balaban J connectivity index is 2.68. The Morgan fingerprint density at radius 3 is 2.73 bits per heavy atom. The minimum Gasteiger partial charge on any atom is -0.395 e. The number of anilines is 1. The molecule has 0 radical (unpaired) electrons. The van der Waals surface area contributed by atoms with Gasteiger partial charge in [0.2, 0.25) is 0 Å². The van der Waals surface area contributed by atoms with E-state index in [-0.39, 0.29) is 6.61 Å². The molecule has 0 saturated heterocycles. The van der Waals surface area contributed by atoms with Gasteiger partial charge in [0.25, 0.3) is 0 Å². The number of aliphatic hydroxyl groups excluding tert-OH is 1. The van der Waals surface area contributed by atoms with Crippen molar-refractivity contribution < 1.29 is 5.11 Å². The molecule has 84 valence electrons. The van der Waals surface area contributed by atoms with Crippen LogP contribution in [0.3, 0.4) is 0 Å². The standard InChI is InChI=1S/C11H19N3O/c1-3-14(6-7-15)11-5-4-10(8-12-2)9-13-11/h4-5,9,12,15H,3,6-8H2,1-2H3. The minimum absolute atomic E-state index is 0.161. The third-order valence-corrected chi connectivity index (χ3v) is 2.27. The van der Waals surface area contributed by atoms with Crippen molar-refractivity contribution in [2.75, 3.05) is 31.6 Å². The highest BCUT2D eigenvalue weighted by Crippen LogP contribution is 2.10. The number of nitrogens with one attached hydrogen (secondary N) is 1. The first-order valence-electron chi connectivity index (χ1n) is 5.27. The van der Waals surface area contributed by atoms with Crippen LogP contribution in [0, 0.1) is 0 Å². The maximum atomic E-state index is 8.89. The van der Waals surface area contributed by atoms with Crippen LogP contribution in [-0.2, 0) is 6.54 Å². The van der Waals surface area contributed by atoms with Gasteiger partial charge in [-0.15, -0.1) is 0 Å². The van der Waals surface area contributed by atoms with Gasteiger partial charge in [0, 0.05) is 25.8 Å². The zero-order chi connectivity index (χ0) is 11.1. The first-order chi connectivity index (χ1) is 7.31. The van der Waals surface area contributed by atoms with Gasteiger partial charge in [0.05, 0.1) is 6.61 Å². The number of nitrogens with zero attached hydrogens (tertiary/aromatic N) is 2. The summed E-state index contributed by atoms with van der Waals surface area (Å²) in [6.45, 7) is 4.54. The predicted octanol–water partition coefficient (Wildman–Crippen LogP) is 0.620. The molecule has 15 heavy (non-hydrogen) atoms. The average molecular weight is 209 g/mol. The topological polar surface area (TPSA) is 48.4 Å².